The van der Waals surface area contributed by atoms with Crippen molar-refractivity contribution < 1.29 is 0 Å². The molecule has 0 unspecified atom stereocenters. The van der Waals surface area contributed by atoms with Crippen LogP contribution in [0.2, 0.25) is 0 Å². The number of rotatable bonds is 4. The zero-order chi connectivity index (χ0) is 14.0. The Morgan fingerprint density at radius 1 is 1.11 bits per heavy atom. The Morgan fingerprint density at radius 3 is 2.37 bits per heavy atom. The summed E-state index contributed by atoms with van der Waals surface area (Å²) in [6.45, 7) is 11.1. The van der Waals surface area contributed by atoms with Gasteiger partial charge in [-0.2, -0.15) is 0 Å². The van der Waals surface area contributed by atoms with Crippen LogP contribution in [-0.2, 0) is 0 Å². The van der Waals surface area contributed by atoms with Gasteiger partial charge in [0.15, 0.2) is 0 Å². The predicted molar refractivity (Wildman–Crippen MR) is 83.5 cm³/mol. The summed E-state index contributed by atoms with van der Waals surface area (Å²) < 4.78 is 4.87. The van der Waals surface area contributed by atoms with Gasteiger partial charge in [0.1, 0.15) is 0 Å². The van der Waals surface area contributed by atoms with Crippen LogP contribution in [0.4, 0.5) is 0 Å². The summed E-state index contributed by atoms with van der Waals surface area (Å²) in [4.78, 5) is 0. The van der Waals surface area contributed by atoms with Gasteiger partial charge in [-0.1, -0.05) is 0 Å². The van der Waals surface area contributed by atoms with Gasteiger partial charge >= 0.3 is 126 Å². The fourth-order valence-electron chi connectivity index (χ4n) is 2.32. The normalized spacial score (nSPS) is 19.1. The summed E-state index contributed by atoms with van der Waals surface area (Å²) in [5, 5.41) is 0. The van der Waals surface area contributed by atoms with Crippen molar-refractivity contribution in [2.24, 2.45) is 11.8 Å². The molecule has 0 N–H and O–H groups in total. The molecule has 1 saturated heterocycles. The molecule has 1 aliphatic heterocycles. The van der Waals surface area contributed by atoms with E-state index in [1.165, 1.54) is 11.4 Å². The standard InChI is InChI=1S/C15H22ClGeN2/c1-12(2)10-18-14-8-6-5-7-9-15(14)19(17(18)16)11-13(3)4/h5-8,12-13H,10-11H2,1-4H3. The SMILES string of the molecule is CC(C)C[N]1C2=C=CC=CC=C2[N](CC(C)C)[Ge]1[Cl]. The number of nitrogens with zero attached hydrogens (tertiary/aromatic N) is 2. The number of hydrogen-bond donors (Lipinski definition) is 0. The van der Waals surface area contributed by atoms with Gasteiger partial charge in [-0.25, -0.2) is 0 Å². The summed E-state index contributed by atoms with van der Waals surface area (Å²) in [6.07, 6.45) is 8.30. The van der Waals surface area contributed by atoms with Crippen molar-refractivity contribution in [3.63, 3.8) is 0 Å². The Labute approximate surface area is 125 Å². The minimum atomic E-state index is -1.91. The van der Waals surface area contributed by atoms with Crippen molar-refractivity contribution in [1.29, 1.82) is 0 Å². The molecule has 0 aromatic heterocycles. The predicted octanol–water partition coefficient (Wildman–Crippen LogP) is 3.63. The number of halogens is 1. The molecule has 0 amide bonds. The molecule has 2 aliphatic rings. The van der Waals surface area contributed by atoms with Gasteiger partial charge in [0.2, 0.25) is 0 Å². The summed E-state index contributed by atoms with van der Waals surface area (Å²) >= 11 is -1.91. The number of fused-ring (bicyclic) bond motifs is 1. The van der Waals surface area contributed by atoms with E-state index >= 15 is 0 Å². The molecule has 0 aromatic carbocycles. The van der Waals surface area contributed by atoms with E-state index in [0.29, 0.717) is 11.8 Å². The molecule has 2 nitrogen and oxygen atoms in total. The monoisotopic (exact) mass is 339 g/mol. The van der Waals surface area contributed by atoms with Crippen LogP contribution in [0, 0.1) is 11.8 Å². The molecule has 2 rings (SSSR count). The van der Waals surface area contributed by atoms with Gasteiger partial charge in [-0.15, -0.1) is 0 Å². The summed E-state index contributed by atoms with van der Waals surface area (Å²) in [5.41, 5.74) is 5.88. The Balaban J connectivity index is 2.35. The summed E-state index contributed by atoms with van der Waals surface area (Å²) in [7, 11) is 6.84. The first-order valence-corrected chi connectivity index (χ1v) is 11.6. The third kappa shape index (κ3) is 3.31. The average Bonchev–Trinajstić information content (AvgIpc) is 2.53. The van der Waals surface area contributed by atoms with E-state index in [1.54, 1.807) is 0 Å². The molecule has 0 aromatic rings. The molecule has 19 heavy (non-hydrogen) atoms. The third-order valence-electron chi connectivity index (χ3n) is 3.03. The van der Waals surface area contributed by atoms with E-state index < -0.39 is 13.9 Å². The Morgan fingerprint density at radius 2 is 1.74 bits per heavy atom. The first-order valence-electron chi connectivity index (χ1n) is 6.92. The molecule has 1 radical (unpaired) electrons. The van der Waals surface area contributed by atoms with E-state index in [4.69, 9.17) is 10.0 Å². The summed E-state index contributed by atoms with van der Waals surface area (Å²) in [5.74, 6) is 1.24. The second-order valence-electron chi connectivity index (χ2n) is 5.87. The van der Waals surface area contributed by atoms with Gasteiger partial charge < -0.3 is 0 Å². The zero-order valence-corrected chi connectivity index (χ0v) is 15.0. The molecule has 0 bridgehead atoms. The Kier molecular flexibility index (Phi) is 4.88. The quantitative estimate of drug-likeness (QED) is 0.570. The first-order chi connectivity index (χ1) is 9.00. The van der Waals surface area contributed by atoms with Crippen LogP contribution in [0.1, 0.15) is 27.7 Å². The molecule has 0 saturated carbocycles. The van der Waals surface area contributed by atoms with Gasteiger partial charge in [-0.05, 0) is 0 Å². The molecule has 0 atom stereocenters. The first kappa shape index (κ1) is 14.8. The van der Waals surface area contributed by atoms with Crippen molar-refractivity contribution in [2.75, 3.05) is 13.1 Å². The fourth-order valence-corrected chi connectivity index (χ4v) is 8.29. The molecule has 0 spiro atoms. The van der Waals surface area contributed by atoms with Crippen molar-refractivity contribution in [3.05, 3.63) is 41.4 Å². The van der Waals surface area contributed by atoms with Crippen LogP contribution in [0.5, 0.6) is 0 Å². The van der Waals surface area contributed by atoms with E-state index in [2.05, 4.69) is 53.3 Å². The maximum absolute atomic E-state index is 6.84. The van der Waals surface area contributed by atoms with Crippen LogP contribution < -0.4 is 0 Å². The van der Waals surface area contributed by atoms with Gasteiger partial charge in [0, 0.05) is 0 Å². The second kappa shape index (κ2) is 6.26. The molecular formula is C15H22ClGeN2. The second-order valence-corrected chi connectivity index (χ2v) is 11.0. The molecule has 103 valence electrons. The molecule has 4 heteroatoms. The third-order valence-corrected chi connectivity index (χ3v) is 8.76. The average molecular weight is 338 g/mol. The Bertz CT molecular complexity index is 459. The zero-order valence-electron chi connectivity index (χ0n) is 12.2. The van der Waals surface area contributed by atoms with Crippen molar-refractivity contribution in [1.82, 2.24) is 7.71 Å². The maximum atomic E-state index is 6.84. The van der Waals surface area contributed by atoms with Crippen LogP contribution >= 0.6 is 10.0 Å². The number of hydrogen-bond acceptors (Lipinski definition) is 2. The van der Waals surface area contributed by atoms with Crippen molar-refractivity contribution >= 4 is 23.9 Å². The van der Waals surface area contributed by atoms with Gasteiger partial charge in [-0.3, -0.25) is 0 Å². The van der Waals surface area contributed by atoms with Gasteiger partial charge in [0.05, 0.1) is 0 Å². The van der Waals surface area contributed by atoms with E-state index in [1.807, 2.05) is 12.2 Å². The van der Waals surface area contributed by atoms with E-state index in [0.717, 1.165) is 13.1 Å². The van der Waals surface area contributed by atoms with Crippen LogP contribution in [0.3, 0.4) is 0 Å². The van der Waals surface area contributed by atoms with Crippen molar-refractivity contribution in [2.45, 2.75) is 27.7 Å². The topological polar surface area (TPSA) is 6.48 Å². The summed E-state index contributed by atoms with van der Waals surface area (Å²) in [6, 6.07) is 0. The van der Waals surface area contributed by atoms with E-state index in [-0.39, 0.29) is 0 Å². The van der Waals surface area contributed by atoms with Gasteiger partial charge in [0.25, 0.3) is 0 Å². The van der Waals surface area contributed by atoms with E-state index in [9.17, 15) is 0 Å². The molecule has 1 heterocycles. The fraction of sp³-hybridized carbons (Fsp3) is 0.533. The number of allylic oxidation sites excluding steroid dienone is 3. The Hall–Kier alpha value is -0.567. The molecule has 1 fully saturated rings. The van der Waals surface area contributed by atoms with Crippen LogP contribution in [0.25, 0.3) is 0 Å². The van der Waals surface area contributed by atoms with Crippen molar-refractivity contribution in [3.8, 4) is 0 Å². The van der Waals surface area contributed by atoms with Crippen LogP contribution in [-0.4, -0.2) is 34.7 Å². The van der Waals surface area contributed by atoms with Crippen LogP contribution in [0.15, 0.2) is 41.4 Å². The minimum absolute atomic E-state index is 0.618. The molecule has 1 aliphatic carbocycles. The molecular weight excluding hydrogens is 316 g/mol.